The van der Waals surface area contributed by atoms with Gasteiger partial charge in [-0.1, -0.05) is 12.1 Å². The minimum atomic E-state index is -0.101. The first-order valence-electron chi connectivity index (χ1n) is 6.84. The Hall–Kier alpha value is -2.30. The van der Waals surface area contributed by atoms with E-state index in [2.05, 4.69) is 51.0 Å². The van der Waals surface area contributed by atoms with Crippen LogP contribution in [-0.2, 0) is 0 Å². The summed E-state index contributed by atoms with van der Waals surface area (Å²) in [7, 11) is 0. The number of nitrogens with zero attached hydrogens (tertiary/aromatic N) is 3. The second kappa shape index (κ2) is 5.36. The SMILES string of the molecule is Cc1cccc(N2CCN(c3cc(=O)[nH]cn3)CC2)c1. The monoisotopic (exact) mass is 270 g/mol. The molecule has 0 spiro atoms. The summed E-state index contributed by atoms with van der Waals surface area (Å²) in [5, 5.41) is 0. The van der Waals surface area contributed by atoms with Crippen LogP contribution in [0.25, 0.3) is 0 Å². The Labute approximate surface area is 117 Å². The van der Waals surface area contributed by atoms with Crippen LogP contribution >= 0.6 is 0 Å². The van der Waals surface area contributed by atoms with Gasteiger partial charge in [-0.05, 0) is 24.6 Å². The molecule has 1 aromatic heterocycles. The van der Waals surface area contributed by atoms with Crippen molar-refractivity contribution >= 4 is 11.5 Å². The molecule has 0 atom stereocenters. The Morgan fingerprint density at radius 2 is 1.85 bits per heavy atom. The highest BCUT2D eigenvalue weighted by Crippen LogP contribution is 2.19. The third kappa shape index (κ3) is 2.66. The fourth-order valence-electron chi connectivity index (χ4n) is 2.55. The van der Waals surface area contributed by atoms with Gasteiger partial charge in [-0.15, -0.1) is 0 Å². The van der Waals surface area contributed by atoms with E-state index in [0.717, 1.165) is 32.0 Å². The topological polar surface area (TPSA) is 52.2 Å². The zero-order valence-corrected chi connectivity index (χ0v) is 11.5. The number of anilines is 2. The molecule has 0 radical (unpaired) electrons. The van der Waals surface area contributed by atoms with Gasteiger partial charge in [0.25, 0.3) is 5.56 Å². The first-order chi connectivity index (χ1) is 9.72. The highest BCUT2D eigenvalue weighted by Gasteiger charge is 2.18. The van der Waals surface area contributed by atoms with Crippen molar-refractivity contribution < 1.29 is 0 Å². The van der Waals surface area contributed by atoms with E-state index in [1.165, 1.54) is 17.6 Å². The first-order valence-corrected chi connectivity index (χ1v) is 6.84. The van der Waals surface area contributed by atoms with Gasteiger partial charge >= 0.3 is 0 Å². The van der Waals surface area contributed by atoms with Crippen molar-refractivity contribution in [3.05, 3.63) is 52.6 Å². The van der Waals surface area contributed by atoms with E-state index in [-0.39, 0.29) is 5.56 Å². The first kappa shape index (κ1) is 12.7. The fraction of sp³-hybridized carbons (Fsp3) is 0.333. The lowest BCUT2D eigenvalue weighted by Crippen LogP contribution is -2.47. The minimum absolute atomic E-state index is 0.101. The van der Waals surface area contributed by atoms with Crippen molar-refractivity contribution in [2.24, 2.45) is 0 Å². The van der Waals surface area contributed by atoms with Gasteiger partial charge in [0.2, 0.25) is 0 Å². The van der Waals surface area contributed by atoms with Gasteiger partial charge in [0.05, 0.1) is 6.33 Å². The second-order valence-corrected chi connectivity index (χ2v) is 5.08. The molecule has 0 bridgehead atoms. The van der Waals surface area contributed by atoms with E-state index in [4.69, 9.17) is 0 Å². The molecule has 1 saturated heterocycles. The number of nitrogens with one attached hydrogen (secondary N) is 1. The van der Waals surface area contributed by atoms with E-state index >= 15 is 0 Å². The number of H-pyrrole nitrogens is 1. The smallest absolute Gasteiger partial charge is 0.252 e. The number of hydrogen-bond donors (Lipinski definition) is 1. The van der Waals surface area contributed by atoms with Crippen LogP contribution in [0.3, 0.4) is 0 Å². The Balaban J connectivity index is 1.69. The van der Waals surface area contributed by atoms with E-state index in [1.807, 2.05) is 0 Å². The van der Waals surface area contributed by atoms with E-state index < -0.39 is 0 Å². The summed E-state index contributed by atoms with van der Waals surface area (Å²) < 4.78 is 0. The van der Waals surface area contributed by atoms with Gasteiger partial charge in [-0.25, -0.2) is 4.98 Å². The quantitative estimate of drug-likeness (QED) is 0.896. The molecule has 1 fully saturated rings. The molecule has 1 aliphatic heterocycles. The van der Waals surface area contributed by atoms with E-state index in [0.29, 0.717) is 0 Å². The molecule has 0 unspecified atom stereocenters. The summed E-state index contributed by atoms with van der Waals surface area (Å²) in [6, 6.07) is 10.1. The maximum Gasteiger partial charge on any atom is 0.252 e. The van der Waals surface area contributed by atoms with Crippen LogP contribution in [0.5, 0.6) is 0 Å². The van der Waals surface area contributed by atoms with Crippen molar-refractivity contribution in [1.82, 2.24) is 9.97 Å². The van der Waals surface area contributed by atoms with Crippen LogP contribution in [0.2, 0.25) is 0 Å². The number of benzene rings is 1. The van der Waals surface area contributed by atoms with Gasteiger partial charge in [0.1, 0.15) is 5.82 Å². The Morgan fingerprint density at radius 3 is 2.55 bits per heavy atom. The van der Waals surface area contributed by atoms with Crippen molar-refractivity contribution in [3.63, 3.8) is 0 Å². The van der Waals surface area contributed by atoms with Gasteiger partial charge in [0, 0.05) is 37.9 Å². The average molecular weight is 270 g/mol. The normalized spacial score (nSPS) is 15.4. The molecule has 1 aliphatic rings. The molecule has 1 N–H and O–H groups in total. The standard InChI is InChI=1S/C15H18N4O/c1-12-3-2-4-13(9-12)18-5-7-19(8-6-18)14-10-15(20)17-11-16-14/h2-4,9-11H,5-8H2,1H3,(H,16,17,20). The molecular formula is C15H18N4O. The predicted octanol–water partition coefficient (Wildman–Crippen LogP) is 1.40. The van der Waals surface area contributed by atoms with Gasteiger partial charge in [-0.2, -0.15) is 0 Å². The number of hydrogen-bond acceptors (Lipinski definition) is 4. The van der Waals surface area contributed by atoms with Crippen molar-refractivity contribution in [3.8, 4) is 0 Å². The predicted molar refractivity (Wildman–Crippen MR) is 80.5 cm³/mol. The van der Waals surface area contributed by atoms with Crippen LogP contribution in [0.15, 0.2) is 41.5 Å². The molecule has 104 valence electrons. The van der Waals surface area contributed by atoms with Crippen molar-refractivity contribution in [1.29, 1.82) is 0 Å². The molecule has 0 saturated carbocycles. The van der Waals surface area contributed by atoms with Gasteiger partial charge < -0.3 is 14.8 Å². The minimum Gasteiger partial charge on any atom is -0.368 e. The lowest BCUT2D eigenvalue weighted by molar-refractivity contribution is 0.646. The zero-order valence-electron chi connectivity index (χ0n) is 11.5. The van der Waals surface area contributed by atoms with Gasteiger partial charge in [0.15, 0.2) is 0 Å². The van der Waals surface area contributed by atoms with Crippen molar-refractivity contribution in [2.75, 3.05) is 36.0 Å². The molecule has 3 rings (SSSR count). The zero-order chi connectivity index (χ0) is 13.9. The molecule has 0 amide bonds. The molecule has 5 heteroatoms. The number of aryl methyl sites for hydroxylation is 1. The lowest BCUT2D eigenvalue weighted by atomic mass is 10.2. The van der Waals surface area contributed by atoms with E-state index in [1.54, 1.807) is 6.07 Å². The van der Waals surface area contributed by atoms with Crippen molar-refractivity contribution in [2.45, 2.75) is 6.92 Å². The van der Waals surface area contributed by atoms with Crippen LogP contribution in [0.1, 0.15) is 5.56 Å². The summed E-state index contributed by atoms with van der Waals surface area (Å²) >= 11 is 0. The Bertz CT molecular complexity index is 644. The van der Waals surface area contributed by atoms with Crippen LogP contribution < -0.4 is 15.4 Å². The highest BCUT2D eigenvalue weighted by molar-refractivity contribution is 5.50. The van der Waals surface area contributed by atoms with Crippen LogP contribution in [0.4, 0.5) is 11.5 Å². The summed E-state index contributed by atoms with van der Waals surface area (Å²) in [4.78, 5) is 22.6. The number of aromatic nitrogens is 2. The number of aromatic amines is 1. The Kier molecular flexibility index (Phi) is 3.41. The number of piperazine rings is 1. The summed E-state index contributed by atoms with van der Waals surface area (Å²) in [6.07, 6.45) is 1.46. The average Bonchev–Trinajstić information content (AvgIpc) is 2.47. The third-order valence-electron chi connectivity index (χ3n) is 3.63. The molecule has 2 heterocycles. The Morgan fingerprint density at radius 1 is 1.10 bits per heavy atom. The highest BCUT2D eigenvalue weighted by atomic mass is 16.1. The van der Waals surface area contributed by atoms with E-state index in [9.17, 15) is 4.79 Å². The maximum atomic E-state index is 11.3. The second-order valence-electron chi connectivity index (χ2n) is 5.08. The summed E-state index contributed by atoms with van der Waals surface area (Å²) in [6.45, 7) is 5.75. The molecule has 0 aliphatic carbocycles. The van der Waals surface area contributed by atoms with Crippen LogP contribution in [-0.4, -0.2) is 36.1 Å². The van der Waals surface area contributed by atoms with Gasteiger partial charge in [-0.3, -0.25) is 4.79 Å². The fourth-order valence-corrected chi connectivity index (χ4v) is 2.55. The molecular weight excluding hydrogens is 252 g/mol. The molecule has 5 nitrogen and oxygen atoms in total. The summed E-state index contributed by atoms with van der Waals surface area (Å²) in [5.74, 6) is 0.762. The summed E-state index contributed by atoms with van der Waals surface area (Å²) in [5.41, 5.74) is 2.45. The largest absolute Gasteiger partial charge is 0.368 e. The molecule has 1 aromatic carbocycles. The molecule has 20 heavy (non-hydrogen) atoms. The molecule has 2 aromatic rings. The van der Waals surface area contributed by atoms with Crippen LogP contribution in [0, 0.1) is 6.92 Å². The maximum absolute atomic E-state index is 11.3. The lowest BCUT2D eigenvalue weighted by Gasteiger charge is -2.36. The third-order valence-corrected chi connectivity index (χ3v) is 3.63. The number of rotatable bonds is 2.